The van der Waals surface area contributed by atoms with Gasteiger partial charge in [0, 0.05) is 12.3 Å². The summed E-state index contributed by atoms with van der Waals surface area (Å²) in [5.74, 6) is -0.690. The van der Waals surface area contributed by atoms with Crippen LogP contribution in [0.5, 0.6) is 11.5 Å². The molecule has 1 aromatic carbocycles. The van der Waals surface area contributed by atoms with Crippen molar-refractivity contribution in [3.8, 4) is 11.5 Å². The Morgan fingerprint density at radius 1 is 1.35 bits per heavy atom. The summed E-state index contributed by atoms with van der Waals surface area (Å²) in [4.78, 5) is 24.4. The predicted molar refractivity (Wildman–Crippen MR) is 94.2 cm³/mol. The summed E-state index contributed by atoms with van der Waals surface area (Å²) < 4.78 is 15.5. The molecule has 0 aliphatic carbocycles. The van der Waals surface area contributed by atoms with Crippen LogP contribution in [0.3, 0.4) is 0 Å². The number of phenolic OH excluding ortho intramolecular Hbond substituents is 1. The van der Waals surface area contributed by atoms with Crippen molar-refractivity contribution in [3.63, 3.8) is 0 Å². The molecule has 0 bridgehead atoms. The molecule has 0 spiro atoms. The van der Waals surface area contributed by atoms with Gasteiger partial charge in [-0.25, -0.2) is 9.59 Å². The number of ether oxygens (including phenoxy) is 3. The second-order valence-electron chi connectivity index (χ2n) is 5.46. The molecule has 0 saturated heterocycles. The highest BCUT2D eigenvalue weighted by molar-refractivity contribution is 6.32. The lowest BCUT2D eigenvalue weighted by Crippen LogP contribution is -2.45. The number of rotatable bonds is 7. The van der Waals surface area contributed by atoms with E-state index in [1.54, 1.807) is 6.92 Å². The van der Waals surface area contributed by atoms with E-state index in [4.69, 9.17) is 25.8 Å². The second kappa shape index (κ2) is 8.77. The lowest BCUT2D eigenvalue weighted by Gasteiger charge is -2.28. The van der Waals surface area contributed by atoms with E-state index in [0.29, 0.717) is 17.9 Å². The van der Waals surface area contributed by atoms with Gasteiger partial charge >= 0.3 is 12.0 Å². The summed E-state index contributed by atoms with van der Waals surface area (Å²) in [6.07, 6.45) is 0. The molecule has 2 amide bonds. The molecule has 0 saturated carbocycles. The normalized spacial score (nSPS) is 16.8. The number of phenols is 1. The first-order valence-corrected chi connectivity index (χ1v) is 8.36. The van der Waals surface area contributed by atoms with Crippen LogP contribution >= 0.6 is 11.6 Å². The van der Waals surface area contributed by atoms with Crippen LogP contribution in [0.4, 0.5) is 4.79 Å². The van der Waals surface area contributed by atoms with E-state index >= 15 is 0 Å². The van der Waals surface area contributed by atoms with E-state index < -0.39 is 18.0 Å². The number of aromatic hydroxyl groups is 1. The van der Waals surface area contributed by atoms with Crippen molar-refractivity contribution in [1.82, 2.24) is 10.6 Å². The summed E-state index contributed by atoms with van der Waals surface area (Å²) in [6.45, 7) is 4.32. The number of halogens is 1. The summed E-state index contributed by atoms with van der Waals surface area (Å²) in [5.41, 5.74) is 1.06. The Balaban J connectivity index is 2.35. The minimum absolute atomic E-state index is 0.0360. The van der Waals surface area contributed by atoms with Crippen molar-refractivity contribution in [1.29, 1.82) is 0 Å². The van der Waals surface area contributed by atoms with Crippen LogP contribution in [-0.4, -0.2) is 44.0 Å². The van der Waals surface area contributed by atoms with Crippen LogP contribution in [0.25, 0.3) is 0 Å². The first-order valence-electron chi connectivity index (χ1n) is 7.98. The second-order valence-corrected chi connectivity index (χ2v) is 5.86. The van der Waals surface area contributed by atoms with Crippen molar-refractivity contribution in [3.05, 3.63) is 34.0 Å². The SMILES string of the molecule is CCOCCOC(=O)C1=C(C)NC(=O)N[C@H]1c1cc(Cl)c(O)c(OC)c1. The number of carbonyl (C=O) groups is 2. The Labute approximate surface area is 156 Å². The zero-order valence-corrected chi connectivity index (χ0v) is 15.5. The molecule has 0 radical (unpaired) electrons. The molecule has 0 fully saturated rings. The van der Waals surface area contributed by atoms with E-state index in [1.807, 2.05) is 6.92 Å². The van der Waals surface area contributed by atoms with Gasteiger partial charge in [0.25, 0.3) is 0 Å². The zero-order valence-electron chi connectivity index (χ0n) is 14.7. The van der Waals surface area contributed by atoms with Gasteiger partial charge < -0.3 is 30.0 Å². The van der Waals surface area contributed by atoms with Crippen LogP contribution in [0.15, 0.2) is 23.4 Å². The Bertz CT molecular complexity index is 734. The minimum atomic E-state index is -0.810. The molecular weight excluding hydrogens is 364 g/mol. The van der Waals surface area contributed by atoms with Gasteiger partial charge in [-0.2, -0.15) is 0 Å². The molecule has 3 N–H and O–H groups in total. The number of urea groups is 1. The van der Waals surface area contributed by atoms with Crippen LogP contribution in [0.2, 0.25) is 5.02 Å². The third kappa shape index (κ3) is 4.39. The fourth-order valence-corrected chi connectivity index (χ4v) is 2.76. The number of nitrogens with one attached hydrogen (secondary N) is 2. The van der Waals surface area contributed by atoms with Crippen molar-refractivity contribution >= 4 is 23.6 Å². The third-order valence-corrected chi connectivity index (χ3v) is 4.05. The largest absolute Gasteiger partial charge is 0.503 e. The van der Waals surface area contributed by atoms with Gasteiger partial charge in [0.1, 0.15) is 6.61 Å². The Kier molecular flexibility index (Phi) is 6.70. The van der Waals surface area contributed by atoms with Crippen molar-refractivity contribution in [2.45, 2.75) is 19.9 Å². The fraction of sp³-hybridized carbons (Fsp3) is 0.412. The number of carbonyl (C=O) groups excluding carboxylic acids is 2. The van der Waals surface area contributed by atoms with Crippen molar-refractivity contribution in [2.24, 2.45) is 0 Å². The molecule has 1 aromatic rings. The average Bonchev–Trinajstić information content (AvgIpc) is 2.60. The molecule has 8 nitrogen and oxygen atoms in total. The van der Waals surface area contributed by atoms with Gasteiger partial charge in [0.2, 0.25) is 0 Å². The number of amides is 2. The van der Waals surface area contributed by atoms with Crippen LogP contribution in [0, 0.1) is 0 Å². The third-order valence-electron chi connectivity index (χ3n) is 3.76. The molecule has 9 heteroatoms. The standard InChI is InChI=1S/C17H21ClN2O6/c1-4-25-5-6-26-16(22)13-9(2)19-17(23)20-14(13)10-7-11(18)15(21)12(8-10)24-3/h7-8,14,21H,4-6H2,1-3H3,(H2,19,20,23)/t14-/m0/s1. The molecule has 0 unspecified atom stereocenters. The highest BCUT2D eigenvalue weighted by Crippen LogP contribution is 2.39. The summed E-state index contributed by atoms with van der Waals surface area (Å²) in [6, 6.07) is 1.67. The molecule has 142 valence electrons. The fourth-order valence-electron chi connectivity index (χ4n) is 2.55. The Morgan fingerprint density at radius 2 is 2.08 bits per heavy atom. The monoisotopic (exact) mass is 384 g/mol. The van der Waals surface area contributed by atoms with Gasteiger partial charge in [-0.3, -0.25) is 0 Å². The van der Waals surface area contributed by atoms with Gasteiger partial charge in [-0.1, -0.05) is 11.6 Å². The number of allylic oxidation sites excluding steroid dienone is 1. The minimum Gasteiger partial charge on any atom is -0.503 e. The zero-order chi connectivity index (χ0) is 19.3. The van der Waals surface area contributed by atoms with E-state index in [9.17, 15) is 14.7 Å². The van der Waals surface area contributed by atoms with Gasteiger partial charge in [0.15, 0.2) is 11.5 Å². The first kappa shape index (κ1) is 19.9. The first-order chi connectivity index (χ1) is 12.4. The summed E-state index contributed by atoms with van der Waals surface area (Å²) >= 11 is 6.03. The molecular formula is C17H21ClN2O6. The predicted octanol–water partition coefficient (Wildman–Crippen LogP) is 2.26. The molecule has 0 aromatic heterocycles. The molecule has 1 aliphatic heterocycles. The molecule has 1 heterocycles. The van der Waals surface area contributed by atoms with E-state index in [1.165, 1.54) is 19.2 Å². The van der Waals surface area contributed by atoms with Gasteiger partial charge in [-0.05, 0) is 31.5 Å². The van der Waals surface area contributed by atoms with Crippen molar-refractivity contribution in [2.75, 3.05) is 26.9 Å². The quantitative estimate of drug-likeness (QED) is 0.492. The number of hydrogen-bond acceptors (Lipinski definition) is 6. The number of methoxy groups -OCH3 is 1. The maximum absolute atomic E-state index is 12.5. The topological polar surface area (TPSA) is 106 Å². The van der Waals surface area contributed by atoms with Crippen molar-refractivity contribution < 1.29 is 28.9 Å². The molecule has 1 aliphatic rings. The Morgan fingerprint density at radius 3 is 2.73 bits per heavy atom. The van der Waals surface area contributed by atoms with E-state index in [-0.39, 0.29) is 35.3 Å². The lowest BCUT2D eigenvalue weighted by atomic mass is 9.95. The van der Waals surface area contributed by atoms with Crippen LogP contribution in [0.1, 0.15) is 25.5 Å². The number of hydrogen-bond donors (Lipinski definition) is 3. The highest BCUT2D eigenvalue weighted by atomic mass is 35.5. The maximum Gasteiger partial charge on any atom is 0.338 e. The number of esters is 1. The van der Waals surface area contributed by atoms with Crippen LogP contribution in [-0.2, 0) is 14.3 Å². The van der Waals surface area contributed by atoms with E-state index in [2.05, 4.69) is 10.6 Å². The van der Waals surface area contributed by atoms with Crippen LogP contribution < -0.4 is 15.4 Å². The summed E-state index contributed by atoms with van der Waals surface area (Å²) in [5, 5.41) is 15.1. The molecule has 1 atom stereocenters. The average molecular weight is 385 g/mol. The molecule has 26 heavy (non-hydrogen) atoms. The summed E-state index contributed by atoms with van der Waals surface area (Å²) in [7, 11) is 1.38. The lowest BCUT2D eigenvalue weighted by molar-refractivity contribution is -0.141. The maximum atomic E-state index is 12.5. The number of benzene rings is 1. The van der Waals surface area contributed by atoms with E-state index in [0.717, 1.165) is 0 Å². The highest BCUT2D eigenvalue weighted by Gasteiger charge is 2.33. The van der Waals surface area contributed by atoms with Gasteiger partial charge in [0.05, 0.1) is 30.4 Å². The van der Waals surface area contributed by atoms with Gasteiger partial charge in [-0.15, -0.1) is 0 Å². The smallest absolute Gasteiger partial charge is 0.338 e. The Hall–Kier alpha value is -2.45. The molecule has 2 rings (SSSR count).